The first-order chi connectivity index (χ1) is 30.2. The third-order valence-electron chi connectivity index (χ3n) is 14.5. The highest BCUT2D eigenvalue weighted by Crippen LogP contribution is 2.60. The van der Waals surface area contributed by atoms with E-state index in [0.717, 1.165) is 67.4 Å². The zero-order valence-electron chi connectivity index (χ0n) is 36.5. The lowest BCUT2D eigenvalue weighted by Crippen LogP contribution is -2.57. The summed E-state index contributed by atoms with van der Waals surface area (Å²) in [7, 11) is 0. The largest absolute Gasteiger partial charge is 0.370 e. The summed E-state index contributed by atoms with van der Waals surface area (Å²) in [6.07, 6.45) is 19.7. The molecule has 0 saturated heterocycles. The number of nitrogens with zero attached hydrogens (tertiary/aromatic N) is 2. The van der Waals surface area contributed by atoms with E-state index in [4.69, 9.17) is 16.5 Å². The highest BCUT2D eigenvalue weighted by atomic mass is 16.2. The lowest BCUT2D eigenvalue weighted by molar-refractivity contribution is -0.148. The summed E-state index contributed by atoms with van der Waals surface area (Å²) in [4.78, 5) is 51.4. The number of fused-ring (bicyclic) bond motifs is 1. The van der Waals surface area contributed by atoms with Gasteiger partial charge in [0.15, 0.2) is 11.9 Å². The fourth-order valence-corrected chi connectivity index (χ4v) is 11.6. The van der Waals surface area contributed by atoms with Crippen LogP contribution in [-0.2, 0) is 27.3 Å². The molecule has 0 aliphatic heterocycles. The Labute approximate surface area is 367 Å². The van der Waals surface area contributed by atoms with Crippen molar-refractivity contribution in [1.82, 2.24) is 21.3 Å². The monoisotopic (exact) mass is 844 g/mol. The molecule has 3 amide bonds. The van der Waals surface area contributed by atoms with Gasteiger partial charge in [-0.05, 0) is 129 Å². The van der Waals surface area contributed by atoms with Crippen LogP contribution in [0.4, 0.5) is 5.69 Å². The van der Waals surface area contributed by atoms with Gasteiger partial charge >= 0.3 is 0 Å². The van der Waals surface area contributed by atoms with Crippen LogP contribution in [0.1, 0.15) is 127 Å². The van der Waals surface area contributed by atoms with Crippen LogP contribution in [0.5, 0.6) is 0 Å². The number of guanidine groups is 2. The Bertz CT molecular complexity index is 2030. The maximum Gasteiger partial charge on any atom is 0.247 e. The Morgan fingerprint density at radius 3 is 2.03 bits per heavy atom. The molecule has 0 radical (unpaired) electrons. The molecule has 3 aromatic carbocycles. The number of carbonyl (C=O) groups is 3. The van der Waals surface area contributed by atoms with E-state index in [1.165, 1.54) is 63.2 Å². The summed E-state index contributed by atoms with van der Waals surface area (Å²) in [5.74, 6) is 2.30. The van der Waals surface area contributed by atoms with Gasteiger partial charge in [0, 0.05) is 36.7 Å². The van der Waals surface area contributed by atoms with Gasteiger partial charge in [0.05, 0.1) is 6.04 Å². The summed E-state index contributed by atoms with van der Waals surface area (Å²) in [5, 5.41) is 19.1. The van der Waals surface area contributed by atoms with E-state index in [2.05, 4.69) is 61.9 Å². The van der Waals surface area contributed by atoms with Gasteiger partial charge < -0.3 is 38.1 Å². The number of amides is 3. The minimum Gasteiger partial charge on any atom is -0.370 e. The topological polar surface area (TPSA) is 188 Å². The van der Waals surface area contributed by atoms with Gasteiger partial charge in [0.1, 0.15) is 12.1 Å². The minimum atomic E-state index is -0.686. The van der Waals surface area contributed by atoms with Crippen molar-refractivity contribution >= 4 is 46.1 Å². The smallest absolute Gasteiger partial charge is 0.247 e. The number of carbonyl (C=O) groups excluding carboxylic acids is 3. The molecule has 12 heteroatoms. The lowest BCUT2D eigenvalue weighted by atomic mass is 9.49. The van der Waals surface area contributed by atoms with Crippen LogP contribution in [0.3, 0.4) is 0 Å². The van der Waals surface area contributed by atoms with Crippen molar-refractivity contribution < 1.29 is 14.4 Å². The first kappa shape index (κ1) is 43.5. The number of benzene rings is 3. The van der Waals surface area contributed by atoms with Crippen molar-refractivity contribution in [2.45, 2.75) is 153 Å². The van der Waals surface area contributed by atoms with E-state index in [-0.39, 0.29) is 41.7 Å². The van der Waals surface area contributed by atoms with E-state index in [9.17, 15) is 14.4 Å². The van der Waals surface area contributed by atoms with E-state index >= 15 is 0 Å². The van der Waals surface area contributed by atoms with Crippen molar-refractivity contribution in [3.8, 4) is 0 Å². The normalized spacial score (nSPS) is 24.8. The highest BCUT2D eigenvalue weighted by Gasteiger charge is 2.55. The lowest BCUT2D eigenvalue weighted by Gasteiger charge is -2.55. The minimum absolute atomic E-state index is 0.0138. The van der Waals surface area contributed by atoms with Gasteiger partial charge in [0.2, 0.25) is 17.7 Å². The first-order valence-electron chi connectivity index (χ1n) is 23.8. The van der Waals surface area contributed by atoms with Crippen molar-refractivity contribution in [3.05, 3.63) is 77.9 Å². The maximum atomic E-state index is 14.3. The van der Waals surface area contributed by atoms with Crippen LogP contribution >= 0.6 is 0 Å². The molecule has 6 fully saturated rings. The van der Waals surface area contributed by atoms with Crippen LogP contribution < -0.4 is 38.1 Å². The molecule has 12 nitrogen and oxygen atoms in total. The van der Waals surface area contributed by atoms with Crippen LogP contribution in [0, 0.1) is 23.2 Å². The van der Waals surface area contributed by atoms with Gasteiger partial charge in [-0.1, -0.05) is 93.1 Å². The molecule has 6 aliphatic carbocycles. The number of hydrogen-bond donors (Lipinski definition) is 7. The molecule has 3 aromatic rings. The molecule has 0 unspecified atom stereocenters. The summed E-state index contributed by atoms with van der Waals surface area (Å²) < 4.78 is 0. The Hall–Kier alpha value is -5.13. The predicted octanol–water partition coefficient (Wildman–Crippen LogP) is 6.96. The zero-order valence-corrected chi connectivity index (χ0v) is 36.5. The van der Waals surface area contributed by atoms with Gasteiger partial charge in [-0.3, -0.25) is 19.4 Å². The Morgan fingerprint density at radius 1 is 0.710 bits per heavy atom. The molecule has 6 aliphatic rings. The zero-order chi connectivity index (χ0) is 42.9. The van der Waals surface area contributed by atoms with Crippen LogP contribution in [0.15, 0.2) is 76.7 Å². The quantitative estimate of drug-likeness (QED) is 0.0461. The number of nitrogens with one attached hydrogen (secondary N) is 5. The van der Waals surface area contributed by atoms with Gasteiger partial charge in [-0.2, -0.15) is 0 Å². The Kier molecular flexibility index (Phi) is 14.3. The predicted molar refractivity (Wildman–Crippen MR) is 248 cm³/mol. The second-order valence-electron chi connectivity index (χ2n) is 19.4. The van der Waals surface area contributed by atoms with E-state index < -0.39 is 12.1 Å². The molecule has 62 heavy (non-hydrogen) atoms. The molecule has 9 N–H and O–H groups in total. The highest BCUT2D eigenvalue weighted by molar-refractivity contribution is 5.98. The summed E-state index contributed by atoms with van der Waals surface area (Å²) in [6, 6.07) is 21.7. The molecular weight excluding hydrogens is 775 g/mol. The van der Waals surface area contributed by atoms with Gasteiger partial charge in [-0.15, -0.1) is 0 Å². The average Bonchev–Trinajstić information content (AvgIpc) is 3.27. The number of hydrogen-bond acceptors (Lipinski definition) is 5. The standard InChI is InChI=1S/C50H69N9O3/c51-48(52)53-23-9-16-43(58-47(62)50-29-35-24-36(30-50)26-37(25-35)31-50)45(60)54-32-33-18-21-42(22-19-33)55-46(61)44(28-34-17-20-38-10-7-8-11-39(38)27-34)59-49(56-40-12-3-1-4-13-40)57-41-14-5-2-6-15-41/h7-8,10-11,17-22,27,35-37,40-41,43-44H,1-6,9,12-16,23-26,28-32H2,(H,54,60)(H,55,61)(H,58,62)(H4,51,52,53)(H2,56,57,59)/t35?,36?,37?,43-,44+,50?/m1/s1. The summed E-state index contributed by atoms with van der Waals surface area (Å²) in [6.45, 7) is 0.668. The third-order valence-corrected chi connectivity index (χ3v) is 14.5. The number of anilines is 1. The molecule has 332 valence electrons. The summed E-state index contributed by atoms with van der Waals surface area (Å²) in [5.41, 5.74) is 13.4. The van der Waals surface area contributed by atoms with Crippen molar-refractivity contribution in [1.29, 1.82) is 0 Å². The van der Waals surface area contributed by atoms with Crippen LogP contribution in [0.2, 0.25) is 0 Å². The van der Waals surface area contributed by atoms with Crippen LogP contribution in [0.25, 0.3) is 10.8 Å². The molecule has 0 aromatic heterocycles. The van der Waals surface area contributed by atoms with Crippen molar-refractivity contribution in [2.75, 3.05) is 11.9 Å². The van der Waals surface area contributed by atoms with E-state index in [1.807, 2.05) is 36.4 Å². The van der Waals surface area contributed by atoms with E-state index in [0.29, 0.717) is 55.3 Å². The molecule has 6 saturated carbocycles. The fraction of sp³-hybridized carbons (Fsp3) is 0.580. The third kappa shape index (κ3) is 11.5. The van der Waals surface area contributed by atoms with Crippen molar-refractivity contribution in [2.24, 2.45) is 44.6 Å². The van der Waals surface area contributed by atoms with Gasteiger partial charge in [0.25, 0.3) is 0 Å². The molecule has 0 heterocycles. The number of nitrogens with two attached hydrogens (primary N) is 2. The van der Waals surface area contributed by atoms with Crippen LogP contribution in [-0.4, -0.2) is 60.4 Å². The number of rotatable bonds is 16. The maximum absolute atomic E-state index is 14.3. The average molecular weight is 844 g/mol. The fourth-order valence-electron chi connectivity index (χ4n) is 11.6. The second kappa shape index (κ2) is 20.4. The SMILES string of the molecule is NC(N)=NCCC[C@@H](NC(=O)C12CC3CC(CC(C3)C1)C2)C(=O)NCc1ccc(NC(=O)[C@H](Cc2ccc3ccccc3c2)NC(=NC2CCCCC2)NC2CCCCC2)cc1. The van der Waals surface area contributed by atoms with Gasteiger partial charge in [-0.25, -0.2) is 4.99 Å². The Balaban J connectivity index is 0.928. The molecular formula is C50H69N9O3. The second-order valence-corrected chi connectivity index (χ2v) is 19.4. The van der Waals surface area contributed by atoms with E-state index in [1.54, 1.807) is 0 Å². The summed E-state index contributed by atoms with van der Waals surface area (Å²) >= 11 is 0. The molecule has 0 spiro atoms. The molecule has 2 atom stereocenters. The number of aliphatic imine (C=N–C) groups is 2. The Morgan fingerprint density at radius 2 is 1.35 bits per heavy atom. The molecule has 4 bridgehead atoms. The first-order valence-corrected chi connectivity index (χ1v) is 23.8. The molecule has 9 rings (SSSR count). The van der Waals surface area contributed by atoms with Crippen molar-refractivity contribution in [3.63, 3.8) is 0 Å².